The molecule has 0 aliphatic carbocycles. The van der Waals surface area contributed by atoms with Gasteiger partial charge in [0.2, 0.25) is 0 Å². The summed E-state index contributed by atoms with van der Waals surface area (Å²) < 4.78 is 0. The van der Waals surface area contributed by atoms with Crippen molar-refractivity contribution in [3.63, 3.8) is 0 Å². The largest absolute Gasteiger partial charge is 0.365 e. The lowest BCUT2D eigenvalue weighted by Crippen LogP contribution is -2.50. The smallest absolute Gasteiger partial charge is 0.0674 e. The molecule has 1 aliphatic rings. The van der Waals surface area contributed by atoms with E-state index in [9.17, 15) is 0 Å². The molecule has 1 fully saturated rings. The molecule has 1 aliphatic heterocycles. The highest BCUT2D eigenvalue weighted by Crippen LogP contribution is 2.36. The molecular weight excluding hydrogens is 220 g/mol. The van der Waals surface area contributed by atoms with E-state index in [0.717, 1.165) is 19.4 Å². The van der Waals surface area contributed by atoms with Crippen LogP contribution in [0.2, 0.25) is 0 Å². The molecular formula is C16H22N2. The van der Waals surface area contributed by atoms with E-state index in [0.29, 0.717) is 0 Å². The summed E-state index contributed by atoms with van der Waals surface area (Å²) in [5, 5.41) is 9.16. The molecule has 0 N–H and O–H groups in total. The van der Waals surface area contributed by atoms with Crippen molar-refractivity contribution in [1.82, 2.24) is 0 Å². The highest BCUT2D eigenvalue weighted by molar-refractivity contribution is 5.56. The molecule has 2 nitrogen and oxygen atoms in total. The molecule has 0 radical (unpaired) electrons. The lowest BCUT2D eigenvalue weighted by atomic mass is 9.84. The minimum absolute atomic E-state index is 0.146. The number of benzene rings is 1. The van der Waals surface area contributed by atoms with Gasteiger partial charge in [0.05, 0.1) is 12.0 Å². The van der Waals surface area contributed by atoms with Gasteiger partial charge in [-0.1, -0.05) is 17.7 Å². The quantitative estimate of drug-likeness (QED) is 0.748. The van der Waals surface area contributed by atoms with E-state index in [4.69, 9.17) is 5.26 Å². The Morgan fingerprint density at radius 1 is 1.33 bits per heavy atom. The maximum absolute atomic E-state index is 9.16. The van der Waals surface area contributed by atoms with Gasteiger partial charge < -0.3 is 4.90 Å². The van der Waals surface area contributed by atoms with Gasteiger partial charge in [-0.05, 0) is 52.2 Å². The zero-order chi connectivity index (χ0) is 13.3. The second kappa shape index (κ2) is 4.65. The van der Waals surface area contributed by atoms with Gasteiger partial charge in [0, 0.05) is 17.8 Å². The lowest BCUT2D eigenvalue weighted by molar-refractivity contribution is 0.325. The first-order valence-corrected chi connectivity index (χ1v) is 6.68. The van der Waals surface area contributed by atoms with Crippen molar-refractivity contribution in [1.29, 1.82) is 5.26 Å². The number of hydrogen-bond acceptors (Lipinski definition) is 2. The minimum atomic E-state index is 0.146. The van der Waals surface area contributed by atoms with Crippen LogP contribution in [0.4, 0.5) is 5.69 Å². The Balaban J connectivity index is 2.37. The van der Waals surface area contributed by atoms with Crippen molar-refractivity contribution in [2.45, 2.75) is 46.1 Å². The van der Waals surface area contributed by atoms with Crippen LogP contribution in [0.25, 0.3) is 0 Å². The number of aryl methyl sites for hydroxylation is 2. The molecule has 2 rings (SSSR count). The molecule has 0 saturated carbocycles. The molecule has 0 aromatic heterocycles. The minimum Gasteiger partial charge on any atom is -0.365 e. The predicted octanol–water partition coefficient (Wildman–Crippen LogP) is 3.82. The Bertz CT molecular complexity index is 482. The molecule has 1 heterocycles. The van der Waals surface area contributed by atoms with Gasteiger partial charge in [-0.2, -0.15) is 5.26 Å². The van der Waals surface area contributed by atoms with E-state index in [1.54, 1.807) is 0 Å². The number of piperidine rings is 1. The molecule has 0 amide bonds. The van der Waals surface area contributed by atoms with Crippen LogP contribution in [-0.2, 0) is 0 Å². The first-order valence-electron chi connectivity index (χ1n) is 6.68. The average molecular weight is 242 g/mol. The molecule has 96 valence electrons. The SMILES string of the molecule is Cc1ccc(N2CC(C#N)CCC2(C)C)c(C)c1. The number of nitriles is 1. The van der Waals surface area contributed by atoms with E-state index in [-0.39, 0.29) is 11.5 Å². The standard InChI is InChI=1S/C16H22N2/c1-12-5-6-15(13(2)9-12)18-11-14(10-17)7-8-16(18,3)4/h5-6,9,14H,7-8,11H2,1-4H3. The summed E-state index contributed by atoms with van der Waals surface area (Å²) in [6.45, 7) is 9.69. The number of nitrogens with zero attached hydrogens (tertiary/aromatic N) is 2. The molecule has 1 unspecified atom stereocenters. The molecule has 18 heavy (non-hydrogen) atoms. The number of anilines is 1. The van der Waals surface area contributed by atoms with E-state index in [1.165, 1.54) is 16.8 Å². The fourth-order valence-electron chi connectivity index (χ4n) is 2.86. The van der Waals surface area contributed by atoms with Gasteiger partial charge >= 0.3 is 0 Å². The lowest BCUT2D eigenvalue weighted by Gasteiger charge is -2.46. The zero-order valence-corrected chi connectivity index (χ0v) is 11.8. The first kappa shape index (κ1) is 13.0. The predicted molar refractivity (Wildman–Crippen MR) is 75.7 cm³/mol. The van der Waals surface area contributed by atoms with Crippen molar-refractivity contribution in [3.05, 3.63) is 29.3 Å². The fourth-order valence-corrected chi connectivity index (χ4v) is 2.86. The van der Waals surface area contributed by atoms with Gasteiger partial charge in [0.25, 0.3) is 0 Å². The Morgan fingerprint density at radius 2 is 2.06 bits per heavy atom. The van der Waals surface area contributed by atoms with Gasteiger partial charge in [0.15, 0.2) is 0 Å². The summed E-state index contributed by atoms with van der Waals surface area (Å²) >= 11 is 0. The number of hydrogen-bond donors (Lipinski definition) is 0. The van der Waals surface area contributed by atoms with Crippen LogP contribution in [-0.4, -0.2) is 12.1 Å². The van der Waals surface area contributed by atoms with Crippen molar-refractivity contribution < 1.29 is 0 Å². The normalized spacial score (nSPS) is 22.6. The van der Waals surface area contributed by atoms with Crippen LogP contribution >= 0.6 is 0 Å². The second-order valence-electron chi connectivity index (χ2n) is 6.08. The van der Waals surface area contributed by atoms with Crippen LogP contribution in [0.5, 0.6) is 0 Å². The molecule has 1 aromatic rings. The van der Waals surface area contributed by atoms with E-state index in [1.807, 2.05) is 0 Å². The molecule has 0 bridgehead atoms. The monoisotopic (exact) mass is 242 g/mol. The summed E-state index contributed by atoms with van der Waals surface area (Å²) in [6, 6.07) is 9.02. The van der Waals surface area contributed by atoms with E-state index < -0.39 is 0 Å². The van der Waals surface area contributed by atoms with Crippen LogP contribution < -0.4 is 4.90 Å². The maximum Gasteiger partial charge on any atom is 0.0674 e. The fraction of sp³-hybridized carbons (Fsp3) is 0.562. The van der Waals surface area contributed by atoms with Crippen molar-refractivity contribution in [2.75, 3.05) is 11.4 Å². The Morgan fingerprint density at radius 3 is 2.67 bits per heavy atom. The van der Waals surface area contributed by atoms with Crippen molar-refractivity contribution in [3.8, 4) is 6.07 Å². The Labute approximate surface area is 110 Å². The summed E-state index contributed by atoms with van der Waals surface area (Å²) in [6.07, 6.45) is 2.10. The Kier molecular flexibility index (Phi) is 3.34. The zero-order valence-electron chi connectivity index (χ0n) is 11.8. The van der Waals surface area contributed by atoms with E-state index >= 15 is 0 Å². The van der Waals surface area contributed by atoms with Gasteiger partial charge in [-0.15, -0.1) is 0 Å². The third-order valence-electron chi connectivity index (χ3n) is 4.06. The molecule has 1 saturated heterocycles. The maximum atomic E-state index is 9.16. The van der Waals surface area contributed by atoms with Crippen LogP contribution in [0.3, 0.4) is 0 Å². The molecule has 0 spiro atoms. The first-order chi connectivity index (χ1) is 8.44. The summed E-state index contributed by atoms with van der Waals surface area (Å²) in [4.78, 5) is 2.42. The summed E-state index contributed by atoms with van der Waals surface area (Å²) in [5.74, 6) is 0.165. The summed E-state index contributed by atoms with van der Waals surface area (Å²) in [5.41, 5.74) is 4.03. The van der Waals surface area contributed by atoms with E-state index in [2.05, 4.69) is 56.9 Å². The molecule has 1 atom stereocenters. The average Bonchev–Trinajstić information content (AvgIpc) is 2.30. The second-order valence-corrected chi connectivity index (χ2v) is 6.08. The molecule has 2 heteroatoms. The topological polar surface area (TPSA) is 27.0 Å². The van der Waals surface area contributed by atoms with Crippen molar-refractivity contribution in [2.24, 2.45) is 5.92 Å². The van der Waals surface area contributed by atoms with Gasteiger partial charge in [-0.25, -0.2) is 0 Å². The highest BCUT2D eigenvalue weighted by atomic mass is 15.2. The van der Waals surface area contributed by atoms with Crippen LogP contribution in [0.1, 0.15) is 37.8 Å². The molecule has 1 aromatic carbocycles. The van der Waals surface area contributed by atoms with Crippen LogP contribution in [0, 0.1) is 31.1 Å². The number of rotatable bonds is 1. The Hall–Kier alpha value is -1.49. The van der Waals surface area contributed by atoms with Gasteiger partial charge in [0.1, 0.15) is 0 Å². The highest BCUT2D eigenvalue weighted by Gasteiger charge is 2.34. The van der Waals surface area contributed by atoms with Crippen LogP contribution in [0.15, 0.2) is 18.2 Å². The van der Waals surface area contributed by atoms with Gasteiger partial charge in [-0.3, -0.25) is 0 Å². The summed E-state index contributed by atoms with van der Waals surface area (Å²) in [7, 11) is 0. The third-order valence-corrected chi connectivity index (χ3v) is 4.06. The third kappa shape index (κ3) is 2.36. The van der Waals surface area contributed by atoms with Crippen molar-refractivity contribution >= 4 is 5.69 Å².